The Morgan fingerprint density at radius 3 is 2.06 bits per heavy atom. The molecule has 0 unspecified atom stereocenters. The first-order valence-corrected chi connectivity index (χ1v) is 4.23. The number of hydrogen-bond donors (Lipinski definition) is 1. The highest BCUT2D eigenvalue weighted by Gasteiger charge is 2.72. The quantitative estimate of drug-likeness (QED) is 0.532. The van der Waals surface area contributed by atoms with Crippen LogP contribution in [0.15, 0.2) is 12.2 Å². The first-order chi connectivity index (χ1) is 7.51. The van der Waals surface area contributed by atoms with Crippen LogP contribution in [-0.2, 0) is 9.53 Å². The first-order valence-electron chi connectivity index (χ1n) is 4.23. The minimum atomic E-state index is -5.72. The van der Waals surface area contributed by atoms with E-state index in [0.29, 0.717) is 0 Å². The van der Waals surface area contributed by atoms with Crippen molar-refractivity contribution in [2.75, 3.05) is 13.2 Å². The maximum absolute atomic E-state index is 12.5. The first kappa shape index (κ1) is 13.8. The fraction of sp³-hybridized carbons (Fsp3) is 0.625. The van der Waals surface area contributed by atoms with Gasteiger partial charge in [-0.2, -0.15) is 26.3 Å². The number of carbonyl (C=O) groups excluding carboxylic acids is 1. The Hall–Kier alpha value is -1.25. The summed E-state index contributed by atoms with van der Waals surface area (Å²) in [5.74, 6) is -1.53. The van der Waals surface area contributed by atoms with Crippen molar-refractivity contribution in [3.05, 3.63) is 12.2 Å². The van der Waals surface area contributed by atoms with E-state index in [2.05, 4.69) is 11.3 Å². The number of hydrogen-bond acceptors (Lipinski definition) is 2. The normalized spacial score (nSPS) is 22.0. The summed E-state index contributed by atoms with van der Waals surface area (Å²) in [6.45, 7) is 0.601. The molecule has 1 heterocycles. The van der Waals surface area contributed by atoms with Gasteiger partial charge in [0, 0.05) is 5.57 Å². The largest absolute Gasteiger partial charge is 0.422 e. The van der Waals surface area contributed by atoms with Crippen molar-refractivity contribution in [3.63, 3.8) is 0 Å². The van der Waals surface area contributed by atoms with Crippen LogP contribution in [0.3, 0.4) is 0 Å². The van der Waals surface area contributed by atoms with Crippen molar-refractivity contribution in [1.29, 1.82) is 0 Å². The SMILES string of the molecule is C=C1COCC(C(F)(F)F)(C(F)(F)F)NC1=O. The third kappa shape index (κ3) is 2.24. The fourth-order valence-electron chi connectivity index (χ4n) is 1.18. The Morgan fingerprint density at radius 2 is 1.65 bits per heavy atom. The van der Waals surface area contributed by atoms with Crippen molar-refractivity contribution in [1.82, 2.24) is 5.32 Å². The molecule has 9 heteroatoms. The molecule has 0 bridgehead atoms. The maximum Gasteiger partial charge on any atom is 0.422 e. The molecule has 0 spiro atoms. The predicted octanol–water partition coefficient (Wildman–Crippen LogP) is 1.55. The molecule has 98 valence electrons. The molecule has 0 radical (unpaired) electrons. The minimum Gasteiger partial charge on any atom is -0.373 e. The summed E-state index contributed by atoms with van der Waals surface area (Å²) >= 11 is 0. The maximum atomic E-state index is 12.5. The molecule has 1 saturated heterocycles. The van der Waals surface area contributed by atoms with Gasteiger partial charge in [0.25, 0.3) is 5.54 Å². The van der Waals surface area contributed by atoms with Gasteiger partial charge in [0.1, 0.15) is 0 Å². The highest BCUT2D eigenvalue weighted by Crippen LogP contribution is 2.44. The van der Waals surface area contributed by atoms with Crippen LogP contribution < -0.4 is 5.32 Å². The van der Waals surface area contributed by atoms with Gasteiger partial charge in [-0.1, -0.05) is 6.58 Å². The molecule has 3 nitrogen and oxygen atoms in total. The molecule has 1 amide bonds. The lowest BCUT2D eigenvalue weighted by molar-refractivity contribution is -0.314. The van der Waals surface area contributed by atoms with Gasteiger partial charge in [0.15, 0.2) is 0 Å². The number of ether oxygens (including phenoxy) is 1. The Kier molecular flexibility index (Phi) is 3.17. The lowest BCUT2D eigenvalue weighted by atomic mass is 9.99. The Morgan fingerprint density at radius 1 is 1.18 bits per heavy atom. The molecule has 1 rings (SSSR count). The molecule has 1 N–H and O–H groups in total. The van der Waals surface area contributed by atoms with Gasteiger partial charge >= 0.3 is 12.4 Å². The molecule has 0 aromatic carbocycles. The number of amides is 1. The number of alkyl halides is 6. The summed E-state index contributed by atoms with van der Waals surface area (Å²) in [4.78, 5) is 11.0. The average Bonchev–Trinajstić information content (AvgIpc) is 2.25. The van der Waals surface area contributed by atoms with Crippen LogP contribution in [0.2, 0.25) is 0 Å². The Bertz CT molecular complexity index is 331. The van der Waals surface area contributed by atoms with Gasteiger partial charge in [-0.05, 0) is 0 Å². The molecule has 0 atom stereocenters. The van der Waals surface area contributed by atoms with Crippen molar-refractivity contribution >= 4 is 5.91 Å². The second kappa shape index (κ2) is 3.90. The molecule has 0 aromatic rings. The summed E-state index contributed by atoms with van der Waals surface area (Å²) in [7, 11) is 0. The van der Waals surface area contributed by atoms with E-state index in [1.54, 1.807) is 0 Å². The number of halogens is 6. The van der Waals surface area contributed by atoms with E-state index in [1.165, 1.54) is 0 Å². The van der Waals surface area contributed by atoms with Crippen LogP contribution in [0.4, 0.5) is 26.3 Å². The zero-order valence-electron chi connectivity index (χ0n) is 8.21. The predicted molar refractivity (Wildman–Crippen MR) is 42.9 cm³/mol. The number of rotatable bonds is 0. The van der Waals surface area contributed by atoms with Crippen LogP contribution >= 0.6 is 0 Å². The van der Waals surface area contributed by atoms with Gasteiger partial charge in [-0.15, -0.1) is 0 Å². The van der Waals surface area contributed by atoms with E-state index in [9.17, 15) is 31.1 Å². The summed E-state index contributed by atoms with van der Waals surface area (Å²) in [6, 6.07) is 0. The van der Waals surface area contributed by atoms with E-state index < -0.39 is 42.6 Å². The van der Waals surface area contributed by atoms with Gasteiger partial charge < -0.3 is 10.1 Å². The van der Waals surface area contributed by atoms with Crippen molar-refractivity contribution in [3.8, 4) is 0 Å². The van der Waals surface area contributed by atoms with E-state index >= 15 is 0 Å². The molecule has 17 heavy (non-hydrogen) atoms. The molecule has 1 aliphatic heterocycles. The van der Waals surface area contributed by atoms with E-state index in [0.717, 1.165) is 5.32 Å². The van der Waals surface area contributed by atoms with Gasteiger partial charge in [-0.25, -0.2) is 0 Å². The summed E-state index contributed by atoms with van der Waals surface area (Å²) in [5.41, 5.74) is -4.89. The molecule has 1 fully saturated rings. The van der Waals surface area contributed by atoms with Crippen LogP contribution in [0.1, 0.15) is 0 Å². The summed E-state index contributed by atoms with van der Waals surface area (Å²) in [6.07, 6.45) is -11.4. The fourth-order valence-corrected chi connectivity index (χ4v) is 1.18. The smallest absolute Gasteiger partial charge is 0.373 e. The van der Waals surface area contributed by atoms with Gasteiger partial charge in [0.05, 0.1) is 13.2 Å². The Balaban J connectivity index is 3.25. The zero-order chi connectivity index (χ0) is 13.5. The highest BCUT2D eigenvalue weighted by molar-refractivity contribution is 5.94. The summed E-state index contributed by atoms with van der Waals surface area (Å²) in [5, 5.41) is 0.909. The van der Waals surface area contributed by atoms with Crippen LogP contribution in [-0.4, -0.2) is 37.0 Å². The molecule has 0 aromatic heterocycles. The highest BCUT2D eigenvalue weighted by atomic mass is 19.4. The summed E-state index contributed by atoms with van der Waals surface area (Å²) < 4.78 is 79.4. The lowest BCUT2D eigenvalue weighted by Crippen LogP contribution is -2.69. The molecule has 0 saturated carbocycles. The van der Waals surface area contributed by atoms with E-state index in [-0.39, 0.29) is 0 Å². The van der Waals surface area contributed by atoms with Crippen molar-refractivity contribution in [2.45, 2.75) is 17.9 Å². The Labute approximate surface area is 91.4 Å². The monoisotopic (exact) mass is 263 g/mol. The van der Waals surface area contributed by atoms with Crippen LogP contribution in [0, 0.1) is 0 Å². The second-order valence-electron chi connectivity index (χ2n) is 3.45. The third-order valence-corrected chi connectivity index (χ3v) is 2.21. The molecule has 1 aliphatic rings. The van der Waals surface area contributed by atoms with E-state index in [4.69, 9.17) is 0 Å². The van der Waals surface area contributed by atoms with Crippen molar-refractivity contribution in [2.24, 2.45) is 0 Å². The zero-order valence-corrected chi connectivity index (χ0v) is 8.21. The minimum absolute atomic E-state index is 0.500. The molecular weight excluding hydrogens is 256 g/mol. The average molecular weight is 263 g/mol. The standard InChI is InChI=1S/C8H7F6NO2/c1-4-2-17-3-6(7(9,10)11,8(12,13)14)15-5(4)16/h1-3H2,(H,15,16). The van der Waals surface area contributed by atoms with Crippen LogP contribution in [0.5, 0.6) is 0 Å². The third-order valence-electron chi connectivity index (χ3n) is 2.21. The topological polar surface area (TPSA) is 38.3 Å². The van der Waals surface area contributed by atoms with Gasteiger partial charge in [-0.3, -0.25) is 4.79 Å². The second-order valence-corrected chi connectivity index (χ2v) is 3.45. The van der Waals surface area contributed by atoms with Crippen molar-refractivity contribution < 1.29 is 35.9 Å². The lowest BCUT2D eigenvalue weighted by Gasteiger charge is -2.35. The molecular formula is C8H7F6NO2. The number of carbonyl (C=O) groups is 1. The number of nitrogens with one attached hydrogen (secondary N) is 1. The molecule has 0 aliphatic carbocycles. The van der Waals surface area contributed by atoms with E-state index in [1.807, 2.05) is 0 Å². The van der Waals surface area contributed by atoms with Crippen LogP contribution in [0.25, 0.3) is 0 Å². The van der Waals surface area contributed by atoms with Gasteiger partial charge in [0.2, 0.25) is 5.91 Å².